The van der Waals surface area contributed by atoms with Crippen LogP contribution in [0.15, 0.2) is 62.9 Å². The van der Waals surface area contributed by atoms with Gasteiger partial charge in [-0.25, -0.2) is 4.98 Å². The number of benzene rings is 3. The molecule has 0 bridgehead atoms. The van der Waals surface area contributed by atoms with Crippen molar-refractivity contribution in [3.05, 3.63) is 93.9 Å². The third kappa shape index (κ3) is 5.40. The molecule has 0 aliphatic rings. The summed E-state index contributed by atoms with van der Waals surface area (Å²) in [6.45, 7) is 1.99. The van der Waals surface area contributed by atoms with E-state index >= 15 is 0 Å². The number of fused-ring (bicyclic) bond motifs is 1. The summed E-state index contributed by atoms with van der Waals surface area (Å²) >= 11 is 17.8. The number of aromatic nitrogens is 2. The molecule has 174 valence electrons. The van der Waals surface area contributed by atoms with E-state index in [1.807, 2.05) is 18.2 Å². The Morgan fingerprint density at radius 1 is 1.18 bits per heavy atom. The largest absolute Gasteiger partial charge is 0.493 e. The fourth-order valence-electron chi connectivity index (χ4n) is 3.26. The van der Waals surface area contributed by atoms with Crippen LogP contribution in [-0.4, -0.2) is 23.0 Å². The van der Waals surface area contributed by atoms with Gasteiger partial charge in [-0.1, -0.05) is 45.2 Å². The standard InChI is InChI=1S/C24H17BrCl2IN3O3/c1-13-30-21-6-4-16(25)9-18(21)24(32)31(13)29-11-14-7-20(28)23(22(8-14)33-2)34-12-15-3-5-17(26)10-19(15)27/h3-11H,12H2,1-2H3. The summed E-state index contributed by atoms with van der Waals surface area (Å²) in [5.74, 6) is 1.59. The van der Waals surface area contributed by atoms with Gasteiger partial charge in [0.2, 0.25) is 0 Å². The maximum atomic E-state index is 13.0. The van der Waals surface area contributed by atoms with Gasteiger partial charge < -0.3 is 9.47 Å². The number of nitrogens with zero attached hydrogens (tertiary/aromatic N) is 3. The second-order valence-electron chi connectivity index (χ2n) is 7.24. The smallest absolute Gasteiger partial charge is 0.282 e. The van der Waals surface area contributed by atoms with Gasteiger partial charge >= 0.3 is 0 Å². The highest BCUT2D eigenvalue weighted by Crippen LogP contribution is 2.35. The molecular weight excluding hydrogens is 656 g/mol. The van der Waals surface area contributed by atoms with Crippen molar-refractivity contribution in [1.82, 2.24) is 9.66 Å². The summed E-state index contributed by atoms with van der Waals surface area (Å²) < 4.78 is 14.4. The topological polar surface area (TPSA) is 65.7 Å². The second kappa shape index (κ2) is 10.6. The fourth-order valence-corrected chi connectivity index (χ4v) is 4.87. The van der Waals surface area contributed by atoms with E-state index in [1.165, 1.54) is 4.68 Å². The number of hydrogen-bond donors (Lipinski definition) is 0. The van der Waals surface area contributed by atoms with E-state index in [0.29, 0.717) is 38.3 Å². The molecule has 0 aliphatic heterocycles. The van der Waals surface area contributed by atoms with Crippen molar-refractivity contribution >= 4 is 78.8 Å². The molecule has 0 unspecified atom stereocenters. The molecule has 34 heavy (non-hydrogen) atoms. The van der Waals surface area contributed by atoms with Crippen molar-refractivity contribution in [1.29, 1.82) is 0 Å². The number of aryl methyl sites for hydroxylation is 1. The summed E-state index contributed by atoms with van der Waals surface area (Å²) in [4.78, 5) is 17.4. The lowest BCUT2D eigenvalue weighted by atomic mass is 10.2. The van der Waals surface area contributed by atoms with Crippen LogP contribution in [0.5, 0.6) is 11.5 Å². The van der Waals surface area contributed by atoms with E-state index in [-0.39, 0.29) is 12.2 Å². The van der Waals surface area contributed by atoms with E-state index < -0.39 is 0 Å². The first-order valence-electron chi connectivity index (χ1n) is 9.94. The molecule has 3 aromatic carbocycles. The van der Waals surface area contributed by atoms with E-state index in [1.54, 1.807) is 50.6 Å². The van der Waals surface area contributed by atoms with E-state index in [2.05, 4.69) is 48.6 Å². The Labute approximate surface area is 227 Å². The van der Waals surface area contributed by atoms with Gasteiger partial charge in [0.25, 0.3) is 5.56 Å². The van der Waals surface area contributed by atoms with Gasteiger partial charge in [0.05, 0.1) is 27.8 Å². The van der Waals surface area contributed by atoms with Crippen molar-refractivity contribution in [3.8, 4) is 11.5 Å². The molecule has 10 heteroatoms. The summed E-state index contributed by atoms with van der Waals surface area (Å²) in [5, 5.41) is 5.96. The lowest BCUT2D eigenvalue weighted by molar-refractivity contribution is 0.282. The molecule has 1 aromatic heterocycles. The van der Waals surface area contributed by atoms with Crippen LogP contribution in [0.3, 0.4) is 0 Å². The maximum Gasteiger partial charge on any atom is 0.282 e. The van der Waals surface area contributed by atoms with Crippen LogP contribution in [0.4, 0.5) is 0 Å². The lowest BCUT2D eigenvalue weighted by Crippen LogP contribution is -2.20. The second-order valence-corrected chi connectivity index (χ2v) is 10.2. The van der Waals surface area contributed by atoms with Crippen LogP contribution in [0.2, 0.25) is 10.0 Å². The van der Waals surface area contributed by atoms with Gasteiger partial charge in [-0.15, -0.1) is 0 Å². The number of rotatable bonds is 6. The molecule has 0 atom stereocenters. The summed E-state index contributed by atoms with van der Waals surface area (Å²) in [6, 6.07) is 14.3. The van der Waals surface area contributed by atoms with Gasteiger partial charge in [0.1, 0.15) is 12.4 Å². The Hall–Kier alpha value is -2.14. The fraction of sp³-hybridized carbons (Fsp3) is 0.125. The van der Waals surface area contributed by atoms with Crippen molar-refractivity contribution < 1.29 is 9.47 Å². The number of methoxy groups -OCH3 is 1. The number of halogens is 4. The Balaban J connectivity index is 1.63. The van der Waals surface area contributed by atoms with Crippen LogP contribution < -0.4 is 15.0 Å². The van der Waals surface area contributed by atoms with E-state index in [4.69, 9.17) is 32.7 Å². The van der Waals surface area contributed by atoms with E-state index in [9.17, 15) is 4.79 Å². The molecule has 0 N–H and O–H groups in total. The Bertz CT molecular complexity index is 1490. The highest BCUT2D eigenvalue weighted by atomic mass is 127. The Morgan fingerprint density at radius 2 is 1.97 bits per heavy atom. The summed E-state index contributed by atoms with van der Waals surface area (Å²) in [5.41, 5.74) is 1.91. The number of ether oxygens (including phenoxy) is 2. The predicted octanol–water partition coefficient (Wildman–Crippen LogP) is 6.85. The zero-order valence-corrected chi connectivity index (χ0v) is 23.2. The Morgan fingerprint density at radius 3 is 2.71 bits per heavy atom. The van der Waals surface area contributed by atoms with Crippen LogP contribution in [0, 0.1) is 10.5 Å². The average molecular weight is 673 g/mol. The van der Waals surface area contributed by atoms with Gasteiger partial charge in [0.15, 0.2) is 11.5 Å². The van der Waals surface area contributed by atoms with Crippen LogP contribution in [0.25, 0.3) is 10.9 Å². The lowest BCUT2D eigenvalue weighted by Gasteiger charge is -2.14. The van der Waals surface area contributed by atoms with Crippen LogP contribution >= 0.6 is 61.7 Å². The normalized spacial score (nSPS) is 11.4. The maximum absolute atomic E-state index is 13.0. The van der Waals surface area contributed by atoms with Gasteiger partial charge in [0, 0.05) is 20.1 Å². The third-order valence-corrected chi connectivity index (χ3v) is 6.81. The van der Waals surface area contributed by atoms with Crippen molar-refractivity contribution in [2.24, 2.45) is 5.10 Å². The first kappa shape index (κ1) is 25.0. The average Bonchev–Trinajstić information content (AvgIpc) is 2.79. The molecule has 0 fully saturated rings. The molecule has 0 aliphatic carbocycles. The van der Waals surface area contributed by atoms with E-state index in [0.717, 1.165) is 19.2 Å². The molecule has 0 radical (unpaired) electrons. The molecule has 0 spiro atoms. The first-order chi connectivity index (χ1) is 16.3. The third-order valence-electron chi connectivity index (χ3n) is 4.93. The summed E-state index contributed by atoms with van der Waals surface area (Å²) in [6.07, 6.45) is 1.59. The molecule has 0 saturated carbocycles. The van der Waals surface area contributed by atoms with Crippen LogP contribution in [0.1, 0.15) is 17.0 Å². The SMILES string of the molecule is COc1cc(C=Nn2c(C)nc3ccc(Br)cc3c2=O)cc(I)c1OCc1ccc(Cl)cc1Cl. The van der Waals surface area contributed by atoms with Crippen LogP contribution in [-0.2, 0) is 6.61 Å². The molecule has 1 heterocycles. The minimum Gasteiger partial charge on any atom is -0.493 e. The van der Waals surface area contributed by atoms with Crippen molar-refractivity contribution in [2.45, 2.75) is 13.5 Å². The molecule has 4 rings (SSSR count). The van der Waals surface area contributed by atoms with Crippen molar-refractivity contribution in [3.63, 3.8) is 0 Å². The zero-order chi connectivity index (χ0) is 24.4. The molecule has 4 aromatic rings. The molecule has 0 amide bonds. The minimum absolute atomic E-state index is 0.249. The van der Waals surface area contributed by atoms with Gasteiger partial charge in [-0.3, -0.25) is 4.79 Å². The van der Waals surface area contributed by atoms with Crippen molar-refractivity contribution in [2.75, 3.05) is 7.11 Å². The predicted molar refractivity (Wildman–Crippen MR) is 148 cm³/mol. The highest BCUT2D eigenvalue weighted by Gasteiger charge is 2.13. The zero-order valence-electron chi connectivity index (χ0n) is 18.0. The highest BCUT2D eigenvalue weighted by molar-refractivity contribution is 14.1. The van der Waals surface area contributed by atoms with Gasteiger partial charge in [-0.05, 0) is 77.5 Å². The number of hydrogen-bond acceptors (Lipinski definition) is 5. The molecule has 0 saturated heterocycles. The monoisotopic (exact) mass is 671 g/mol. The Kier molecular flexibility index (Phi) is 7.81. The first-order valence-corrected chi connectivity index (χ1v) is 12.6. The minimum atomic E-state index is -0.249. The van der Waals surface area contributed by atoms with Gasteiger partial charge in [-0.2, -0.15) is 9.78 Å². The molecular formula is C24H17BrCl2IN3O3. The summed E-state index contributed by atoms with van der Waals surface area (Å²) in [7, 11) is 1.56. The quantitative estimate of drug-likeness (QED) is 0.166. The molecule has 6 nitrogen and oxygen atoms in total.